The van der Waals surface area contributed by atoms with E-state index in [2.05, 4.69) is 55.0 Å². The molecule has 0 heterocycles. The molecule has 0 aromatic heterocycles. The van der Waals surface area contributed by atoms with Crippen LogP contribution in [0.2, 0.25) is 0 Å². The molecule has 0 aliphatic heterocycles. The van der Waals surface area contributed by atoms with Crippen molar-refractivity contribution in [1.82, 2.24) is 0 Å². The Morgan fingerprint density at radius 1 is 0.571 bits per heavy atom. The molecule has 0 saturated carbocycles. The Kier molecular flexibility index (Phi) is 4.53. The molecular formula is C13H12Li. The summed E-state index contributed by atoms with van der Waals surface area (Å²) in [5.41, 5.74) is 2.49. The third kappa shape index (κ3) is 3.07. The Bertz CT molecular complexity index is 316. The summed E-state index contributed by atoms with van der Waals surface area (Å²) in [6, 6.07) is 20.7. The van der Waals surface area contributed by atoms with Crippen LogP contribution in [0.4, 0.5) is 0 Å². The predicted molar refractivity (Wildman–Crippen MR) is 62.5 cm³/mol. The van der Waals surface area contributed by atoms with Gasteiger partial charge in [0.15, 0.2) is 0 Å². The second kappa shape index (κ2) is 5.70. The molecule has 65 valence electrons. The fourth-order valence-electron chi connectivity index (χ4n) is 1.29. The van der Waals surface area contributed by atoms with E-state index in [0.717, 1.165) is 0 Å². The number of hydrogen-bond donors (Lipinski definition) is 0. The quantitative estimate of drug-likeness (QED) is 0.615. The number of hydrogen-bond acceptors (Lipinski definition) is 0. The zero-order valence-electron chi connectivity index (χ0n) is 7.35. The van der Waals surface area contributed by atoms with Crippen LogP contribution in [0.1, 0.15) is 11.1 Å². The van der Waals surface area contributed by atoms with Gasteiger partial charge in [0.25, 0.3) is 0 Å². The molecule has 0 atom stereocenters. The van der Waals surface area contributed by atoms with E-state index in [0.29, 0.717) is 0 Å². The second-order valence-corrected chi connectivity index (χ2v) is 2.97. The first-order valence-corrected chi connectivity index (χ1v) is 4.40. The van der Waals surface area contributed by atoms with Gasteiger partial charge in [-0.25, -0.2) is 0 Å². The average Bonchev–Trinajstić information content (AvgIpc) is 2.21. The second-order valence-electron chi connectivity index (χ2n) is 2.97. The van der Waals surface area contributed by atoms with Crippen molar-refractivity contribution in [2.45, 2.75) is 0 Å². The Morgan fingerprint density at radius 3 is 1.29 bits per heavy atom. The maximum atomic E-state index is 2.17. The molecular weight excluding hydrogens is 163 g/mol. The Balaban J connectivity index is 0.000000980. The molecule has 0 spiro atoms. The Hall–Kier alpha value is -0.963. The van der Waals surface area contributed by atoms with Crippen molar-refractivity contribution < 1.29 is 0 Å². The minimum absolute atomic E-state index is 0. The van der Waals surface area contributed by atoms with Gasteiger partial charge in [-0.2, -0.15) is 0 Å². The van der Waals surface area contributed by atoms with Crippen molar-refractivity contribution in [3.8, 4) is 0 Å². The summed E-state index contributed by atoms with van der Waals surface area (Å²) in [6.07, 6.45) is 2.17. The van der Waals surface area contributed by atoms with E-state index in [1.807, 2.05) is 12.1 Å². The molecule has 0 bridgehead atoms. The molecule has 0 nitrogen and oxygen atoms in total. The van der Waals surface area contributed by atoms with E-state index < -0.39 is 0 Å². The summed E-state index contributed by atoms with van der Waals surface area (Å²) in [5, 5.41) is 0. The number of benzene rings is 2. The van der Waals surface area contributed by atoms with Gasteiger partial charge in [0, 0.05) is 6.42 Å². The summed E-state index contributed by atoms with van der Waals surface area (Å²) >= 11 is 0. The molecule has 2 aromatic rings. The molecule has 0 N–H and O–H groups in total. The molecule has 2 aromatic carbocycles. The molecule has 14 heavy (non-hydrogen) atoms. The topological polar surface area (TPSA) is 0 Å². The monoisotopic (exact) mass is 175 g/mol. The number of rotatable bonds is 2. The van der Waals surface area contributed by atoms with Crippen molar-refractivity contribution >= 4 is 18.9 Å². The fourth-order valence-corrected chi connectivity index (χ4v) is 1.29. The van der Waals surface area contributed by atoms with Crippen molar-refractivity contribution in [3.05, 3.63) is 78.2 Å². The van der Waals surface area contributed by atoms with Gasteiger partial charge in [-0.15, -0.1) is 0 Å². The van der Waals surface area contributed by atoms with Crippen LogP contribution in [-0.2, 0) is 0 Å². The molecule has 0 aliphatic rings. The molecule has 1 radical (unpaired) electrons. The van der Waals surface area contributed by atoms with Crippen molar-refractivity contribution in [3.63, 3.8) is 0 Å². The van der Waals surface area contributed by atoms with Crippen LogP contribution >= 0.6 is 0 Å². The first-order chi connectivity index (χ1) is 6.45. The third-order valence-corrected chi connectivity index (χ3v) is 1.93. The fraction of sp³-hybridized carbons (Fsp3) is 0. The van der Waals surface area contributed by atoms with Gasteiger partial charge in [0.05, 0.1) is 0 Å². The van der Waals surface area contributed by atoms with Crippen molar-refractivity contribution in [1.29, 1.82) is 0 Å². The van der Waals surface area contributed by atoms with Crippen molar-refractivity contribution in [2.24, 2.45) is 0 Å². The molecule has 0 amide bonds. The van der Waals surface area contributed by atoms with Crippen molar-refractivity contribution in [2.75, 3.05) is 0 Å². The normalized spacial score (nSPS) is 9.14. The van der Waals surface area contributed by atoms with E-state index in [9.17, 15) is 0 Å². The predicted octanol–water partition coefficient (Wildman–Crippen LogP) is 2.64. The van der Waals surface area contributed by atoms with Gasteiger partial charge in [0.1, 0.15) is 0 Å². The maximum absolute atomic E-state index is 2.17. The molecule has 0 aliphatic carbocycles. The van der Waals surface area contributed by atoms with E-state index >= 15 is 0 Å². The minimum atomic E-state index is 0. The first kappa shape index (κ1) is 11.1. The summed E-state index contributed by atoms with van der Waals surface area (Å²) in [6.45, 7) is 0. The molecule has 1 heteroatoms. The Morgan fingerprint density at radius 2 is 0.929 bits per heavy atom. The van der Waals surface area contributed by atoms with Crippen LogP contribution in [0, 0.1) is 6.42 Å². The van der Waals surface area contributed by atoms with Gasteiger partial charge in [-0.3, -0.25) is 0 Å². The van der Waals surface area contributed by atoms with Gasteiger partial charge >= 0.3 is 18.9 Å². The summed E-state index contributed by atoms with van der Waals surface area (Å²) in [7, 11) is 0. The van der Waals surface area contributed by atoms with Crippen LogP contribution in [0.5, 0.6) is 0 Å². The molecule has 0 fully saturated rings. The van der Waals surface area contributed by atoms with Crippen LogP contribution < -0.4 is 0 Å². The zero-order valence-corrected chi connectivity index (χ0v) is 7.35. The zero-order chi connectivity index (χ0) is 8.93. The van der Waals surface area contributed by atoms with E-state index in [1.165, 1.54) is 11.1 Å². The van der Waals surface area contributed by atoms with Crippen LogP contribution in [-0.4, -0.2) is 18.9 Å². The molecule has 2 rings (SSSR count). The SMILES string of the molecule is [CH](c1ccccc1)c1ccccc1.[LiH]. The average molecular weight is 175 g/mol. The van der Waals surface area contributed by atoms with Gasteiger partial charge in [-0.05, 0) is 11.1 Å². The van der Waals surface area contributed by atoms with Crippen LogP contribution in [0.3, 0.4) is 0 Å². The summed E-state index contributed by atoms with van der Waals surface area (Å²) < 4.78 is 0. The van der Waals surface area contributed by atoms with Gasteiger partial charge in [-0.1, -0.05) is 60.7 Å². The van der Waals surface area contributed by atoms with Gasteiger partial charge < -0.3 is 0 Å². The Labute approximate surface area is 97.2 Å². The van der Waals surface area contributed by atoms with Crippen LogP contribution in [0.15, 0.2) is 60.7 Å². The first-order valence-electron chi connectivity index (χ1n) is 4.40. The van der Waals surface area contributed by atoms with E-state index in [-0.39, 0.29) is 18.9 Å². The molecule has 0 unspecified atom stereocenters. The molecule has 0 saturated heterocycles. The van der Waals surface area contributed by atoms with Gasteiger partial charge in [0.2, 0.25) is 0 Å². The summed E-state index contributed by atoms with van der Waals surface area (Å²) in [5.74, 6) is 0. The summed E-state index contributed by atoms with van der Waals surface area (Å²) in [4.78, 5) is 0. The standard InChI is InChI=1S/C13H11.Li.H/c1-3-7-12(8-4-1)11-13-9-5-2-6-10-13;;/h1-11H;;. The third-order valence-electron chi connectivity index (χ3n) is 1.93. The van der Waals surface area contributed by atoms with E-state index in [1.54, 1.807) is 0 Å². The van der Waals surface area contributed by atoms with E-state index in [4.69, 9.17) is 0 Å². The van der Waals surface area contributed by atoms with Crippen LogP contribution in [0.25, 0.3) is 0 Å².